The van der Waals surface area contributed by atoms with Crippen molar-refractivity contribution in [3.8, 4) is 0 Å². The van der Waals surface area contributed by atoms with Crippen molar-refractivity contribution in [2.45, 2.75) is 20.3 Å². The summed E-state index contributed by atoms with van der Waals surface area (Å²) in [6.07, 6.45) is 0.461. The minimum Gasteiger partial charge on any atom is -0.207 e. The first-order chi connectivity index (χ1) is 7.96. The number of alkyl halides is 2. The fourth-order valence-corrected chi connectivity index (χ4v) is 3.02. The molecule has 0 saturated carbocycles. The summed E-state index contributed by atoms with van der Waals surface area (Å²) in [4.78, 5) is 0. The van der Waals surface area contributed by atoms with Gasteiger partial charge in [-0.1, -0.05) is 31.5 Å². The summed E-state index contributed by atoms with van der Waals surface area (Å²) in [6, 6.07) is 4.70. The van der Waals surface area contributed by atoms with Gasteiger partial charge in [-0.05, 0) is 24.5 Å². The minimum atomic E-state index is -0.324. The first-order valence-electron chi connectivity index (χ1n) is 5.51. The summed E-state index contributed by atoms with van der Waals surface area (Å²) in [5.74, 6) is 0.739. The zero-order valence-corrected chi connectivity index (χ0v) is 12.2. The SMILES string of the molecule is CC(C)C(CCl)(CCl)Cc1c(F)cccc1Cl. The molecular formula is C13H16Cl3F. The predicted octanol–water partition coefficient (Wildman–Crippen LogP) is 5.14. The van der Waals surface area contributed by atoms with Crippen LogP contribution in [0.5, 0.6) is 0 Å². The Morgan fingerprint density at radius 1 is 1.24 bits per heavy atom. The van der Waals surface area contributed by atoms with Gasteiger partial charge in [-0.25, -0.2) is 4.39 Å². The van der Waals surface area contributed by atoms with Gasteiger partial charge in [0.2, 0.25) is 0 Å². The highest BCUT2D eigenvalue weighted by Gasteiger charge is 2.34. The average molecular weight is 298 g/mol. The van der Waals surface area contributed by atoms with Crippen LogP contribution in [0.4, 0.5) is 4.39 Å². The smallest absolute Gasteiger partial charge is 0.127 e. The second-order valence-electron chi connectivity index (χ2n) is 4.66. The van der Waals surface area contributed by atoms with Crippen LogP contribution in [0.1, 0.15) is 19.4 Å². The first-order valence-corrected chi connectivity index (χ1v) is 6.96. The third kappa shape index (κ3) is 3.27. The first kappa shape index (κ1) is 15.1. The number of halogens is 4. The molecule has 0 radical (unpaired) electrons. The Bertz CT molecular complexity index is 353. The molecule has 1 aromatic carbocycles. The average Bonchev–Trinajstić information content (AvgIpc) is 2.29. The minimum absolute atomic E-state index is 0.258. The van der Waals surface area contributed by atoms with Crippen molar-refractivity contribution >= 4 is 34.8 Å². The number of hydrogen-bond donors (Lipinski definition) is 0. The molecule has 0 fully saturated rings. The van der Waals surface area contributed by atoms with E-state index in [0.717, 1.165) is 0 Å². The van der Waals surface area contributed by atoms with Gasteiger partial charge in [-0.2, -0.15) is 0 Å². The molecule has 0 aliphatic heterocycles. The molecule has 0 aliphatic rings. The van der Waals surface area contributed by atoms with Crippen molar-refractivity contribution < 1.29 is 4.39 Å². The normalized spacial score (nSPS) is 12.2. The topological polar surface area (TPSA) is 0 Å². The van der Waals surface area contributed by atoms with E-state index in [-0.39, 0.29) is 17.2 Å². The Morgan fingerprint density at radius 3 is 2.24 bits per heavy atom. The van der Waals surface area contributed by atoms with Gasteiger partial charge in [0, 0.05) is 27.8 Å². The molecule has 0 spiro atoms. The van der Waals surface area contributed by atoms with Crippen molar-refractivity contribution in [2.24, 2.45) is 11.3 Å². The zero-order chi connectivity index (χ0) is 13.1. The van der Waals surface area contributed by atoms with Crippen molar-refractivity contribution in [3.63, 3.8) is 0 Å². The lowest BCUT2D eigenvalue weighted by Gasteiger charge is -2.34. The van der Waals surface area contributed by atoms with Crippen molar-refractivity contribution in [3.05, 3.63) is 34.6 Å². The molecule has 0 atom stereocenters. The number of benzene rings is 1. The van der Waals surface area contributed by atoms with E-state index in [1.807, 2.05) is 13.8 Å². The standard InChI is InChI=1S/C13H16Cl3F/c1-9(2)13(7-14,8-15)6-10-11(16)4-3-5-12(10)17/h3-5,9H,6-8H2,1-2H3. The summed E-state index contributed by atoms with van der Waals surface area (Å²) >= 11 is 18.1. The highest BCUT2D eigenvalue weighted by atomic mass is 35.5. The van der Waals surface area contributed by atoms with Crippen LogP contribution in [-0.4, -0.2) is 11.8 Å². The maximum atomic E-state index is 13.7. The Hall–Kier alpha value is 0.0200. The molecule has 0 N–H and O–H groups in total. The maximum Gasteiger partial charge on any atom is 0.127 e. The zero-order valence-electron chi connectivity index (χ0n) is 9.94. The van der Waals surface area contributed by atoms with Gasteiger partial charge in [-0.15, -0.1) is 23.2 Å². The number of hydrogen-bond acceptors (Lipinski definition) is 0. The second-order valence-corrected chi connectivity index (χ2v) is 5.60. The summed E-state index contributed by atoms with van der Waals surface area (Å²) in [5, 5.41) is 0.435. The van der Waals surface area contributed by atoms with Crippen LogP contribution in [0.3, 0.4) is 0 Å². The molecule has 0 heterocycles. The third-order valence-electron chi connectivity index (χ3n) is 3.35. The largest absolute Gasteiger partial charge is 0.207 e. The number of rotatable bonds is 5. The molecule has 17 heavy (non-hydrogen) atoms. The van der Waals surface area contributed by atoms with E-state index in [1.165, 1.54) is 6.07 Å². The summed E-state index contributed by atoms with van der Waals surface area (Å²) < 4.78 is 13.7. The van der Waals surface area contributed by atoms with Gasteiger partial charge < -0.3 is 0 Å². The Balaban J connectivity index is 3.10. The molecule has 0 saturated heterocycles. The molecule has 1 aromatic rings. The third-order valence-corrected chi connectivity index (χ3v) is 4.77. The van der Waals surface area contributed by atoms with E-state index in [4.69, 9.17) is 34.8 Å². The Kier molecular flexibility index (Phi) is 5.56. The van der Waals surface area contributed by atoms with Crippen LogP contribution >= 0.6 is 34.8 Å². The lowest BCUT2D eigenvalue weighted by molar-refractivity contribution is 0.256. The van der Waals surface area contributed by atoms with Crippen LogP contribution in [0.25, 0.3) is 0 Å². The molecule has 4 heteroatoms. The summed E-state index contributed by atoms with van der Waals surface area (Å²) in [5.41, 5.74) is 0.179. The van der Waals surface area contributed by atoms with Gasteiger partial charge in [0.15, 0.2) is 0 Å². The van der Waals surface area contributed by atoms with Gasteiger partial charge in [0.25, 0.3) is 0 Å². The van der Waals surface area contributed by atoms with E-state index in [9.17, 15) is 4.39 Å². The Labute approximate surface area is 117 Å². The van der Waals surface area contributed by atoms with E-state index in [2.05, 4.69) is 0 Å². The van der Waals surface area contributed by atoms with Crippen LogP contribution < -0.4 is 0 Å². The van der Waals surface area contributed by atoms with Crippen molar-refractivity contribution in [1.82, 2.24) is 0 Å². The van der Waals surface area contributed by atoms with Crippen LogP contribution in [0, 0.1) is 17.2 Å². The van der Waals surface area contributed by atoms with Crippen molar-refractivity contribution in [1.29, 1.82) is 0 Å². The van der Waals surface area contributed by atoms with E-state index < -0.39 is 0 Å². The second kappa shape index (κ2) is 6.26. The molecule has 0 bridgehead atoms. The molecule has 0 aliphatic carbocycles. The quantitative estimate of drug-likeness (QED) is 0.660. The molecule has 1 rings (SSSR count). The molecule has 0 nitrogen and oxygen atoms in total. The van der Waals surface area contributed by atoms with Gasteiger partial charge in [0.05, 0.1) is 0 Å². The fraction of sp³-hybridized carbons (Fsp3) is 0.538. The lowest BCUT2D eigenvalue weighted by atomic mass is 9.75. The Morgan fingerprint density at radius 2 is 1.82 bits per heavy atom. The fourth-order valence-electron chi connectivity index (χ4n) is 1.70. The van der Waals surface area contributed by atoms with Gasteiger partial charge in [0.1, 0.15) is 5.82 Å². The molecule has 0 unspecified atom stereocenters. The van der Waals surface area contributed by atoms with Crippen LogP contribution in [-0.2, 0) is 6.42 Å². The van der Waals surface area contributed by atoms with Gasteiger partial charge in [-0.3, -0.25) is 0 Å². The van der Waals surface area contributed by atoms with Gasteiger partial charge >= 0.3 is 0 Å². The predicted molar refractivity (Wildman–Crippen MR) is 73.8 cm³/mol. The highest BCUT2D eigenvalue weighted by molar-refractivity contribution is 6.31. The molecular weight excluding hydrogens is 281 g/mol. The van der Waals surface area contributed by atoms with Crippen LogP contribution in [0.2, 0.25) is 5.02 Å². The molecule has 96 valence electrons. The molecule has 0 amide bonds. The summed E-state index contributed by atoms with van der Waals surface area (Å²) in [7, 11) is 0. The summed E-state index contributed by atoms with van der Waals surface area (Å²) in [6.45, 7) is 4.08. The van der Waals surface area contributed by atoms with Crippen molar-refractivity contribution in [2.75, 3.05) is 11.8 Å². The monoisotopic (exact) mass is 296 g/mol. The van der Waals surface area contributed by atoms with E-state index in [0.29, 0.717) is 28.8 Å². The van der Waals surface area contributed by atoms with E-state index in [1.54, 1.807) is 12.1 Å². The van der Waals surface area contributed by atoms with E-state index >= 15 is 0 Å². The maximum absolute atomic E-state index is 13.7. The lowest BCUT2D eigenvalue weighted by Crippen LogP contribution is -2.34. The molecule has 0 aromatic heterocycles. The highest BCUT2D eigenvalue weighted by Crippen LogP contribution is 2.37. The van der Waals surface area contributed by atoms with Crippen LogP contribution in [0.15, 0.2) is 18.2 Å².